The highest BCUT2D eigenvalue weighted by Gasteiger charge is 2.23. The molecule has 0 radical (unpaired) electrons. The lowest BCUT2D eigenvalue weighted by Crippen LogP contribution is -2.43. The Balaban J connectivity index is 1.44. The van der Waals surface area contributed by atoms with Crippen molar-refractivity contribution in [1.82, 2.24) is 4.90 Å². The van der Waals surface area contributed by atoms with Gasteiger partial charge >= 0.3 is 0 Å². The van der Waals surface area contributed by atoms with Crippen molar-refractivity contribution in [3.05, 3.63) is 46.4 Å². The molecule has 6 nitrogen and oxygen atoms in total. The maximum absolute atomic E-state index is 10.4. The van der Waals surface area contributed by atoms with Gasteiger partial charge in [0.15, 0.2) is 11.5 Å². The SMILES string of the molecule is COc1cccc(OC)c1OCC(O)CN1CCC(Oc2ccc(Cl)c(Cl)c2)CC1. The van der Waals surface area contributed by atoms with Gasteiger partial charge in [-0.25, -0.2) is 0 Å². The molecule has 0 spiro atoms. The predicted octanol–water partition coefficient (Wildman–Crippen LogP) is 4.29. The van der Waals surface area contributed by atoms with Gasteiger partial charge in [0.05, 0.1) is 24.3 Å². The second kappa shape index (κ2) is 11.0. The summed E-state index contributed by atoms with van der Waals surface area (Å²) in [6.45, 7) is 2.34. The third-order valence-corrected chi connectivity index (χ3v) is 5.74. The molecule has 30 heavy (non-hydrogen) atoms. The molecule has 3 rings (SSSR count). The van der Waals surface area contributed by atoms with Crippen LogP contribution >= 0.6 is 23.2 Å². The number of aliphatic hydroxyl groups excluding tert-OH is 1. The zero-order valence-corrected chi connectivity index (χ0v) is 18.7. The Hall–Kier alpha value is -1.86. The van der Waals surface area contributed by atoms with Gasteiger partial charge in [0.1, 0.15) is 24.6 Å². The van der Waals surface area contributed by atoms with Crippen LogP contribution < -0.4 is 18.9 Å². The van der Waals surface area contributed by atoms with Gasteiger partial charge in [-0.1, -0.05) is 29.3 Å². The van der Waals surface area contributed by atoms with Crippen LogP contribution in [0, 0.1) is 0 Å². The Morgan fingerprint density at radius 3 is 2.30 bits per heavy atom. The summed E-state index contributed by atoms with van der Waals surface area (Å²) in [5, 5.41) is 11.4. The third-order valence-electron chi connectivity index (χ3n) is 5.00. The number of hydrogen-bond acceptors (Lipinski definition) is 6. The van der Waals surface area contributed by atoms with Gasteiger partial charge in [-0.3, -0.25) is 0 Å². The standard InChI is InChI=1S/C22H27Cl2NO5/c1-27-20-4-3-5-21(28-2)22(20)29-14-15(26)13-25-10-8-16(9-11-25)30-17-6-7-18(23)19(24)12-17/h3-7,12,15-16,26H,8-11,13-14H2,1-2H3. The number of methoxy groups -OCH3 is 2. The number of rotatable bonds is 9. The van der Waals surface area contributed by atoms with E-state index >= 15 is 0 Å². The molecule has 0 amide bonds. The molecule has 0 aliphatic carbocycles. The van der Waals surface area contributed by atoms with E-state index in [1.807, 2.05) is 12.1 Å². The fourth-order valence-electron chi connectivity index (χ4n) is 3.44. The normalized spacial score (nSPS) is 16.2. The molecular weight excluding hydrogens is 429 g/mol. The van der Waals surface area contributed by atoms with Crippen molar-refractivity contribution in [3.63, 3.8) is 0 Å². The van der Waals surface area contributed by atoms with Crippen molar-refractivity contribution in [2.24, 2.45) is 0 Å². The summed E-state index contributed by atoms with van der Waals surface area (Å²) in [4.78, 5) is 2.21. The number of hydrogen-bond donors (Lipinski definition) is 1. The predicted molar refractivity (Wildman–Crippen MR) is 118 cm³/mol. The molecule has 8 heteroatoms. The zero-order chi connectivity index (χ0) is 21.5. The van der Waals surface area contributed by atoms with Crippen LogP contribution in [0.25, 0.3) is 0 Å². The van der Waals surface area contributed by atoms with E-state index in [0.717, 1.165) is 31.7 Å². The molecule has 2 aromatic rings. The van der Waals surface area contributed by atoms with E-state index in [0.29, 0.717) is 33.8 Å². The number of piperidine rings is 1. The van der Waals surface area contributed by atoms with Crippen LogP contribution in [0.2, 0.25) is 10.0 Å². The molecule has 1 N–H and O–H groups in total. The first-order chi connectivity index (χ1) is 14.5. The summed E-state index contributed by atoms with van der Waals surface area (Å²) in [7, 11) is 3.14. The van der Waals surface area contributed by atoms with E-state index in [2.05, 4.69) is 4.90 Å². The highest BCUT2D eigenvalue weighted by molar-refractivity contribution is 6.42. The number of para-hydroxylation sites is 1. The number of aliphatic hydroxyl groups is 1. The summed E-state index contributed by atoms with van der Waals surface area (Å²) < 4.78 is 22.5. The molecule has 1 unspecified atom stereocenters. The van der Waals surface area contributed by atoms with E-state index in [1.165, 1.54) is 0 Å². The van der Waals surface area contributed by atoms with Crippen molar-refractivity contribution in [3.8, 4) is 23.0 Å². The van der Waals surface area contributed by atoms with Crippen molar-refractivity contribution in [1.29, 1.82) is 0 Å². The lowest BCUT2D eigenvalue weighted by Gasteiger charge is -2.33. The molecule has 2 aromatic carbocycles. The lowest BCUT2D eigenvalue weighted by atomic mass is 10.1. The number of benzene rings is 2. The molecule has 1 fully saturated rings. The van der Waals surface area contributed by atoms with Crippen LogP contribution in [-0.2, 0) is 0 Å². The molecule has 0 aromatic heterocycles. The topological polar surface area (TPSA) is 60.4 Å². The lowest BCUT2D eigenvalue weighted by molar-refractivity contribution is 0.0391. The third kappa shape index (κ3) is 6.08. The van der Waals surface area contributed by atoms with Crippen LogP contribution in [0.15, 0.2) is 36.4 Å². The molecule has 1 atom stereocenters. The van der Waals surface area contributed by atoms with E-state index in [1.54, 1.807) is 38.5 Å². The average Bonchev–Trinajstić information content (AvgIpc) is 2.76. The molecule has 1 aliphatic rings. The monoisotopic (exact) mass is 455 g/mol. The first-order valence-electron chi connectivity index (χ1n) is 9.86. The fourth-order valence-corrected chi connectivity index (χ4v) is 3.73. The maximum atomic E-state index is 10.4. The highest BCUT2D eigenvalue weighted by Crippen LogP contribution is 2.36. The van der Waals surface area contributed by atoms with Gasteiger partial charge in [0, 0.05) is 25.7 Å². The number of β-amino-alcohol motifs (C(OH)–C–C–N with tert-alkyl or cyclic N) is 1. The Morgan fingerprint density at radius 1 is 1.03 bits per heavy atom. The van der Waals surface area contributed by atoms with Crippen molar-refractivity contribution < 1.29 is 24.1 Å². The van der Waals surface area contributed by atoms with Crippen LogP contribution in [0.4, 0.5) is 0 Å². The quantitative estimate of drug-likeness (QED) is 0.608. The second-order valence-electron chi connectivity index (χ2n) is 7.15. The smallest absolute Gasteiger partial charge is 0.203 e. The van der Waals surface area contributed by atoms with Crippen LogP contribution in [-0.4, -0.2) is 62.7 Å². The molecule has 164 valence electrons. The van der Waals surface area contributed by atoms with Crippen LogP contribution in [0.3, 0.4) is 0 Å². The number of likely N-dealkylation sites (tertiary alicyclic amines) is 1. The molecule has 1 heterocycles. The fraction of sp³-hybridized carbons (Fsp3) is 0.455. The second-order valence-corrected chi connectivity index (χ2v) is 7.96. The number of halogens is 2. The minimum absolute atomic E-state index is 0.115. The molecular formula is C22H27Cl2NO5. The zero-order valence-electron chi connectivity index (χ0n) is 17.1. The average molecular weight is 456 g/mol. The number of nitrogens with zero attached hydrogens (tertiary/aromatic N) is 1. The Morgan fingerprint density at radius 2 is 1.70 bits per heavy atom. The summed E-state index contributed by atoms with van der Waals surface area (Å²) in [5.41, 5.74) is 0. The Kier molecular flexibility index (Phi) is 8.33. The van der Waals surface area contributed by atoms with E-state index in [9.17, 15) is 5.11 Å². The van der Waals surface area contributed by atoms with Gasteiger partial charge in [0.25, 0.3) is 0 Å². The molecule has 1 aliphatic heterocycles. The van der Waals surface area contributed by atoms with Crippen molar-refractivity contribution in [2.75, 3.05) is 40.5 Å². The Labute approximate surface area is 187 Å². The van der Waals surface area contributed by atoms with Gasteiger partial charge < -0.3 is 29.0 Å². The summed E-state index contributed by atoms with van der Waals surface area (Å²) in [6, 6.07) is 10.7. The highest BCUT2D eigenvalue weighted by atomic mass is 35.5. The van der Waals surface area contributed by atoms with Gasteiger partial charge in [0.2, 0.25) is 5.75 Å². The minimum atomic E-state index is -0.632. The first-order valence-corrected chi connectivity index (χ1v) is 10.6. The van der Waals surface area contributed by atoms with E-state index < -0.39 is 6.10 Å². The Bertz CT molecular complexity index is 805. The summed E-state index contributed by atoms with van der Waals surface area (Å²) in [6.07, 6.45) is 1.22. The number of ether oxygens (including phenoxy) is 4. The van der Waals surface area contributed by atoms with Gasteiger partial charge in [-0.15, -0.1) is 0 Å². The van der Waals surface area contributed by atoms with Crippen LogP contribution in [0.5, 0.6) is 23.0 Å². The van der Waals surface area contributed by atoms with E-state index in [4.69, 9.17) is 42.1 Å². The largest absolute Gasteiger partial charge is 0.493 e. The first kappa shape index (κ1) is 22.8. The summed E-state index contributed by atoms with van der Waals surface area (Å²) in [5.74, 6) is 2.36. The molecule has 0 bridgehead atoms. The summed E-state index contributed by atoms with van der Waals surface area (Å²) >= 11 is 12.0. The van der Waals surface area contributed by atoms with Crippen molar-refractivity contribution in [2.45, 2.75) is 25.0 Å². The molecule has 1 saturated heterocycles. The van der Waals surface area contributed by atoms with Crippen LogP contribution in [0.1, 0.15) is 12.8 Å². The van der Waals surface area contributed by atoms with Gasteiger partial charge in [-0.2, -0.15) is 0 Å². The van der Waals surface area contributed by atoms with Crippen molar-refractivity contribution >= 4 is 23.2 Å². The molecule has 0 saturated carbocycles. The van der Waals surface area contributed by atoms with Gasteiger partial charge in [-0.05, 0) is 37.1 Å². The maximum Gasteiger partial charge on any atom is 0.203 e. The van der Waals surface area contributed by atoms with E-state index in [-0.39, 0.29) is 12.7 Å². The minimum Gasteiger partial charge on any atom is -0.493 e.